The van der Waals surface area contributed by atoms with Gasteiger partial charge in [0.15, 0.2) is 0 Å². The Morgan fingerprint density at radius 2 is 2.00 bits per heavy atom. The zero-order valence-electron chi connectivity index (χ0n) is 11.0. The number of rotatable bonds is 4. The first-order chi connectivity index (χ1) is 9.78. The van der Waals surface area contributed by atoms with Crippen molar-refractivity contribution in [2.45, 2.75) is 12.5 Å². The van der Waals surface area contributed by atoms with Crippen molar-refractivity contribution in [2.24, 2.45) is 5.73 Å². The monoisotopic (exact) mass is 265 g/mol. The molecule has 0 radical (unpaired) electrons. The standard InChI is InChI=1S/C16H15N3O/c1-2-5-14(17)16-18-15(19-20-16)13-9-8-11-6-3-4-7-12(11)10-13/h2-4,6-10,14H,1,5,17H2. The number of benzene rings is 2. The number of aromatic nitrogens is 2. The van der Waals surface area contributed by atoms with Gasteiger partial charge in [0.2, 0.25) is 11.7 Å². The molecular formula is C16H15N3O. The lowest BCUT2D eigenvalue weighted by Gasteiger charge is -2.01. The molecule has 0 saturated heterocycles. The van der Waals surface area contributed by atoms with Gasteiger partial charge in [0.25, 0.3) is 0 Å². The lowest BCUT2D eigenvalue weighted by atomic mass is 10.1. The third-order valence-corrected chi connectivity index (χ3v) is 3.19. The third kappa shape index (κ3) is 2.33. The number of hydrogen-bond donors (Lipinski definition) is 1. The second-order valence-corrected chi connectivity index (χ2v) is 4.65. The molecule has 1 heterocycles. The predicted octanol–water partition coefficient (Wildman–Crippen LogP) is 3.47. The molecule has 0 amide bonds. The van der Waals surface area contributed by atoms with Crippen LogP contribution >= 0.6 is 0 Å². The van der Waals surface area contributed by atoms with E-state index in [1.807, 2.05) is 30.3 Å². The van der Waals surface area contributed by atoms with Gasteiger partial charge < -0.3 is 10.3 Å². The van der Waals surface area contributed by atoms with E-state index < -0.39 is 0 Å². The van der Waals surface area contributed by atoms with E-state index in [0.29, 0.717) is 18.1 Å². The molecule has 3 rings (SSSR count). The van der Waals surface area contributed by atoms with E-state index in [0.717, 1.165) is 10.9 Å². The van der Waals surface area contributed by atoms with E-state index in [9.17, 15) is 0 Å². The summed E-state index contributed by atoms with van der Waals surface area (Å²) in [6.07, 6.45) is 2.35. The zero-order chi connectivity index (χ0) is 13.9. The highest BCUT2D eigenvalue weighted by atomic mass is 16.5. The van der Waals surface area contributed by atoms with Crippen LogP contribution in [0.4, 0.5) is 0 Å². The maximum Gasteiger partial charge on any atom is 0.244 e. The highest BCUT2D eigenvalue weighted by Crippen LogP contribution is 2.23. The van der Waals surface area contributed by atoms with Crippen LogP contribution in [0.1, 0.15) is 18.4 Å². The van der Waals surface area contributed by atoms with Gasteiger partial charge in [-0.25, -0.2) is 0 Å². The van der Waals surface area contributed by atoms with Gasteiger partial charge in [0.05, 0.1) is 6.04 Å². The fourth-order valence-corrected chi connectivity index (χ4v) is 2.11. The van der Waals surface area contributed by atoms with Gasteiger partial charge in [0, 0.05) is 5.56 Å². The molecular weight excluding hydrogens is 250 g/mol. The van der Waals surface area contributed by atoms with Crippen molar-refractivity contribution in [3.63, 3.8) is 0 Å². The molecule has 20 heavy (non-hydrogen) atoms. The van der Waals surface area contributed by atoms with Crippen LogP contribution < -0.4 is 5.73 Å². The molecule has 2 aromatic carbocycles. The van der Waals surface area contributed by atoms with E-state index in [-0.39, 0.29) is 6.04 Å². The molecule has 0 spiro atoms. The molecule has 4 nitrogen and oxygen atoms in total. The Kier molecular flexibility index (Phi) is 3.31. The van der Waals surface area contributed by atoms with Crippen LogP contribution in [0.3, 0.4) is 0 Å². The maximum atomic E-state index is 5.92. The Balaban J connectivity index is 1.96. The smallest absolute Gasteiger partial charge is 0.244 e. The average Bonchev–Trinajstić information content (AvgIpc) is 2.97. The highest BCUT2D eigenvalue weighted by Gasteiger charge is 2.14. The van der Waals surface area contributed by atoms with Crippen molar-refractivity contribution in [1.82, 2.24) is 10.1 Å². The van der Waals surface area contributed by atoms with Gasteiger partial charge >= 0.3 is 0 Å². The largest absolute Gasteiger partial charge is 0.337 e. The van der Waals surface area contributed by atoms with Crippen LogP contribution in [-0.2, 0) is 0 Å². The first kappa shape index (κ1) is 12.6. The normalized spacial score (nSPS) is 12.4. The van der Waals surface area contributed by atoms with Crippen molar-refractivity contribution >= 4 is 10.8 Å². The Labute approximate surface area is 116 Å². The molecule has 0 aliphatic heterocycles. The Hall–Kier alpha value is -2.46. The average molecular weight is 265 g/mol. The van der Waals surface area contributed by atoms with Crippen LogP contribution in [-0.4, -0.2) is 10.1 Å². The number of fused-ring (bicyclic) bond motifs is 1. The number of nitrogens with zero attached hydrogens (tertiary/aromatic N) is 2. The second kappa shape index (κ2) is 5.27. The molecule has 0 saturated carbocycles. The third-order valence-electron chi connectivity index (χ3n) is 3.19. The molecule has 1 atom stereocenters. The van der Waals surface area contributed by atoms with E-state index in [2.05, 4.69) is 28.9 Å². The van der Waals surface area contributed by atoms with E-state index >= 15 is 0 Å². The molecule has 2 N–H and O–H groups in total. The topological polar surface area (TPSA) is 64.9 Å². The minimum absolute atomic E-state index is 0.297. The van der Waals surface area contributed by atoms with Crippen LogP contribution in [0.2, 0.25) is 0 Å². The molecule has 4 heteroatoms. The van der Waals surface area contributed by atoms with Gasteiger partial charge in [-0.15, -0.1) is 6.58 Å². The summed E-state index contributed by atoms with van der Waals surface area (Å²) in [5, 5.41) is 6.32. The number of hydrogen-bond acceptors (Lipinski definition) is 4. The fourth-order valence-electron chi connectivity index (χ4n) is 2.11. The second-order valence-electron chi connectivity index (χ2n) is 4.65. The van der Waals surface area contributed by atoms with E-state index in [1.165, 1.54) is 5.39 Å². The van der Waals surface area contributed by atoms with Gasteiger partial charge in [-0.1, -0.05) is 47.6 Å². The van der Waals surface area contributed by atoms with Crippen LogP contribution in [0.25, 0.3) is 22.2 Å². The first-order valence-electron chi connectivity index (χ1n) is 6.47. The summed E-state index contributed by atoms with van der Waals surface area (Å²) >= 11 is 0. The van der Waals surface area contributed by atoms with Gasteiger partial charge in [-0.3, -0.25) is 0 Å². The van der Waals surface area contributed by atoms with Crippen molar-refractivity contribution in [1.29, 1.82) is 0 Å². The van der Waals surface area contributed by atoms with Gasteiger partial charge in [-0.05, 0) is 23.3 Å². The minimum Gasteiger partial charge on any atom is -0.337 e. The van der Waals surface area contributed by atoms with E-state index in [1.54, 1.807) is 6.08 Å². The summed E-state index contributed by atoms with van der Waals surface area (Å²) in [6, 6.07) is 13.9. The molecule has 1 unspecified atom stereocenters. The lowest BCUT2D eigenvalue weighted by molar-refractivity contribution is 0.356. The zero-order valence-corrected chi connectivity index (χ0v) is 11.0. The maximum absolute atomic E-state index is 5.92. The Bertz CT molecular complexity index is 748. The molecule has 1 aromatic heterocycles. The van der Waals surface area contributed by atoms with Crippen molar-refractivity contribution < 1.29 is 4.52 Å². The van der Waals surface area contributed by atoms with E-state index in [4.69, 9.17) is 10.3 Å². The van der Waals surface area contributed by atoms with Crippen LogP contribution in [0.5, 0.6) is 0 Å². The first-order valence-corrected chi connectivity index (χ1v) is 6.47. The summed E-state index contributed by atoms with van der Waals surface area (Å²) < 4.78 is 5.21. The molecule has 3 aromatic rings. The molecule has 0 bridgehead atoms. The molecule has 100 valence electrons. The summed E-state index contributed by atoms with van der Waals surface area (Å²) in [7, 11) is 0. The SMILES string of the molecule is C=CCC(N)c1nc(-c2ccc3ccccc3c2)no1. The summed E-state index contributed by atoms with van der Waals surface area (Å²) in [5.74, 6) is 0.998. The Morgan fingerprint density at radius 3 is 2.80 bits per heavy atom. The predicted molar refractivity (Wildman–Crippen MR) is 79.0 cm³/mol. The molecule has 0 aliphatic rings. The molecule has 0 fully saturated rings. The lowest BCUT2D eigenvalue weighted by Crippen LogP contribution is -2.09. The highest BCUT2D eigenvalue weighted by molar-refractivity contribution is 5.86. The van der Waals surface area contributed by atoms with Gasteiger partial charge in [0.1, 0.15) is 0 Å². The summed E-state index contributed by atoms with van der Waals surface area (Å²) in [5.41, 5.74) is 6.84. The molecule has 0 aliphatic carbocycles. The van der Waals surface area contributed by atoms with Crippen molar-refractivity contribution in [3.8, 4) is 11.4 Å². The van der Waals surface area contributed by atoms with Crippen LogP contribution in [0.15, 0.2) is 59.6 Å². The van der Waals surface area contributed by atoms with Crippen molar-refractivity contribution in [2.75, 3.05) is 0 Å². The minimum atomic E-state index is -0.297. The summed E-state index contributed by atoms with van der Waals surface area (Å²) in [4.78, 5) is 4.36. The number of nitrogens with two attached hydrogens (primary N) is 1. The van der Waals surface area contributed by atoms with Crippen molar-refractivity contribution in [3.05, 3.63) is 61.0 Å². The van der Waals surface area contributed by atoms with Crippen LogP contribution in [0, 0.1) is 0 Å². The van der Waals surface area contributed by atoms with Gasteiger partial charge in [-0.2, -0.15) is 4.98 Å². The fraction of sp³-hybridized carbons (Fsp3) is 0.125. The quantitative estimate of drug-likeness (QED) is 0.733. The Morgan fingerprint density at radius 1 is 1.20 bits per heavy atom. The summed E-state index contributed by atoms with van der Waals surface area (Å²) in [6.45, 7) is 3.66.